The van der Waals surface area contributed by atoms with Crippen LogP contribution in [0, 0.1) is 17.6 Å². The SMILES string of the molecule is CC(C)(C)OC(=O)N1CCC[C@@H](C(=O)c2cc(F)cc(F)c2)C1. The topological polar surface area (TPSA) is 46.6 Å². The van der Waals surface area contributed by atoms with Crippen LogP contribution in [0.25, 0.3) is 0 Å². The van der Waals surface area contributed by atoms with Gasteiger partial charge in [-0.05, 0) is 45.7 Å². The number of carbonyl (C=O) groups is 2. The third kappa shape index (κ3) is 4.74. The van der Waals surface area contributed by atoms with Gasteiger partial charge in [0.05, 0.1) is 0 Å². The summed E-state index contributed by atoms with van der Waals surface area (Å²) in [6.45, 7) is 6.02. The highest BCUT2D eigenvalue weighted by Crippen LogP contribution is 2.23. The zero-order valence-corrected chi connectivity index (χ0v) is 13.6. The van der Waals surface area contributed by atoms with E-state index in [1.807, 2.05) is 0 Å². The Morgan fingerprint density at radius 3 is 2.35 bits per heavy atom. The summed E-state index contributed by atoms with van der Waals surface area (Å²) in [6.07, 6.45) is 0.754. The van der Waals surface area contributed by atoms with Crippen LogP contribution in [-0.2, 0) is 4.74 Å². The van der Waals surface area contributed by atoms with Crippen LogP contribution < -0.4 is 0 Å². The fourth-order valence-corrected chi connectivity index (χ4v) is 2.62. The number of Topliss-reactive ketones (excluding diaryl/α,β-unsaturated/α-hetero) is 1. The lowest BCUT2D eigenvalue weighted by atomic mass is 9.90. The molecule has 4 nitrogen and oxygen atoms in total. The van der Waals surface area contributed by atoms with Crippen LogP contribution in [-0.4, -0.2) is 35.5 Å². The van der Waals surface area contributed by atoms with Gasteiger partial charge in [0.15, 0.2) is 5.78 Å². The van der Waals surface area contributed by atoms with E-state index >= 15 is 0 Å². The van der Waals surface area contributed by atoms with Crippen LogP contribution in [0.5, 0.6) is 0 Å². The lowest BCUT2D eigenvalue weighted by molar-refractivity contribution is 0.0172. The number of nitrogens with zero attached hydrogens (tertiary/aromatic N) is 1. The molecule has 23 heavy (non-hydrogen) atoms. The molecular weight excluding hydrogens is 304 g/mol. The maximum absolute atomic E-state index is 13.3. The predicted molar refractivity (Wildman–Crippen MR) is 81.2 cm³/mol. The van der Waals surface area contributed by atoms with Crippen molar-refractivity contribution in [2.75, 3.05) is 13.1 Å². The quantitative estimate of drug-likeness (QED) is 0.777. The molecule has 1 amide bonds. The normalized spacial score (nSPS) is 18.7. The standard InChI is InChI=1S/C17H21F2NO3/c1-17(2,3)23-16(22)20-6-4-5-11(10-20)15(21)12-7-13(18)9-14(19)8-12/h7-9,11H,4-6,10H2,1-3H3/t11-/m1/s1. The summed E-state index contributed by atoms with van der Waals surface area (Å²) in [5.41, 5.74) is -0.613. The smallest absolute Gasteiger partial charge is 0.410 e. The molecule has 0 bridgehead atoms. The van der Waals surface area contributed by atoms with E-state index in [1.54, 1.807) is 20.8 Å². The number of rotatable bonds is 2. The first-order valence-corrected chi connectivity index (χ1v) is 7.64. The maximum atomic E-state index is 13.3. The van der Waals surface area contributed by atoms with E-state index < -0.39 is 29.2 Å². The molecule has 1 saturated heterocycles. The van der Waals surface area contributed by atoms with Crippen molar-refractivity contribution in [3.05, 3.63) is 35.4 Å². The highest BCUT2D eigenvalue weighted by Gasteiger charge is 2.31. The molecule has 2 rings (SSSR count). The van der Waals surface area contributed by atoms with Gasteiger partial charge in [-0.2, -0.15) is 0 Å². The van der Waals surface area contributed by atoms with Gasteiger partial charge in [0.2, 0.25) is 0 Å². The zero-order chi connectivity index (χ0) is 17.2. The van der Waals surface area contributed by atoms with Gasteiger partial charge in [0.1, 0.15) is 17.2 Å². The minimum atomic E-state index is -0.784. The first-order chi connectivity index (χ1) is 10.7. The van der Waals surface area contributed by atoms with Crippen LogP contribution in [0.15, 0.2) is 18.2 Å². The van der Waals surface area contributed by atoms with Crippen molar-refractivity contribution in [2.45, 2.75) is 39.2 Å². The number of amides is 1. The Hall–Kier alpha value is -1.98. The molecule has 1 fully saturated rings. The molecule has 0 aliphatic carbocycles. The molecule has 1 aliphatic rings. The molecule has 1 aromatic rings. The molecule has 0 saturated carbocycles. The van der Waals surface area contributed by atoms with Gasteiger partial charge >= 0.3 is 6.09 Å². The number of carbonyl (C=O) groups excluding carboxylic acids is 2. The monoisotopic (exact) mass is 325 g/mol. The second-order valence-corrected chi connectivity index (χ2v) is 6.79. The van der Waals surface area contributed by atoms with Crippen LogP contribution in [0.2, 0.25) is 0 Å². The van der Waals surface area contributed by atoms with Gasteiger partial charge in [-0.25, -0.2) is 13.6 Å². The number of hydrogen-bond donors (Lipinski definition) is 0. The highest BCUT2D eigenvalue weighted by molar-refractivity contribution is 5.98. The van der Waals surface area contributed by atoms with E-state index in [1.165, 1.54) is 4.90 Å². The first-order valence-electron chi connectivity index (χ1n) is 7.64. The third-order valence-electron chi connectivity index (χ3n) is 3.59. The molecule has 6 heteroatoms. The van der Waals surface area contributed by atoms with Crippen molar-refractivity contribution >= 4 is 11.9 Å². The van der Waals surface area contributed by atoms with Crippen LogP contribution >= 0.6 is 0 Å². The van der Waals surface area contributed by atoms with Crippen molar-refractivity contribution in [3.8, 4) is 0 Å². The van der Waals surface area contributed by atoms with E-state index in [0.717, 1.165) is 18.2 Å². The van der Waals surface area contributed by atoms with Gasteiger partial charge in [0, 0.05) is 30.6 Å². The largest absolute Gasteiger partial charge is 0.444 e. The van der Waals surface area contributed by atoms with Gasteiger partial charge in [-0.3, -0.25) is 4.79 Å². The molecule has 0 aromatic heterocycles. The summed E-state index contributed by atoms with van der Waals surface area (Å²) in [7, 11) is 0. The highest BCUT2D eigenvalue weighted by atomic mass is 19.1. The Kier molecular flexibility index (Phi) is 5.02. The minimum absolute atomic E-state index is 0.00135. The molecule has 126 valence electrons. The Bertz CT molecular complexity index is 590. The van der Waals surface area contributed by atoms with Gasteiger partial charge < -0.3 is 9.64 Å². The van der Waals surface area contributed by atoms with Gasteiger partial charge in [-0.1, -0.05) is 0 Å². The summed E-state index contributed by atoms with van der Waals surface area (Å²) in [6, 6.07) is 2.78. The van der Waals surface area contributed by atoms with Crippen molar-refractivity contribution in [2.24, 2.45) is 5.92 Å². The Balaban J connectivity index is 2.08. The molecule has 0 spiro atoms. The van der Waals surface area contributed by atoms with Crippen LogP contribution in [0.4, 0.5) is 13.6 Å². The van der Waals surface area contributed by atoms with Gasteiger partial charge in [0.25, 0.3) is 0 Å². The number of likely N-dealkylation sites (tertiary alicyclic amines) is 1. The van der Waals surface area contributed by atoms with E-state index in [4.69, 9.17) is 4.74 Å². The Morgan fingerprint density at radius 1 is 1.17 bits per heavy atom. The predicted octanol–water partition coefficient (Wildman–Crippen LogP) is 3.79. The molecule has 1 heterocycles. The summed E-state index contributed by atoms with van der Waals surface area (Å²) in [5.74, 6) is -2.39. The van der Waals surface area contributed by atoms with Crippen molar-refractivity contribution in [1.29, 1.82) is 0 Å². The minimum Gasteiger partial charge on any atom is -0.444 e. The van der Waals surface area contributed by atoms with Crippen molar-refractivity contribution in [1.82, 2.24) is 4.90 Å². The second kappa shape index (κ2) is 6.64. The van der Waals surface area contributed by atoms with Crippen molar-refractivity contribution < 1.29 is 23.1 Å². The molecule has 1 aromatic carbocycles. The van der Waals surface area contributed by atoms with E-state index in [0.29, 0.717) is 19.4 Å². The lowest BCUT2D eigenvalue weighted by Gasteiger charge is -2.33. The van der Waals surface area contributed by atoms with E-state index in [-0.39, 0.29) is 17.9 Å². The average molecular weight is 325 g/mol. The fraction of sp³-hybridized carbons (Fsp3) is 0.529. The first kappa shape index (κ1) is 17.4. The molecule has 0 unspecified atom stereocenters. The molecule has 0 radical (unpaired) electrons. The Labute approximate surface area is 134 Å². The molecular formula is C17H21F2NO3. The molecule has 1 atom stereocenters. The zero-order valence-electron chi connectivity index (χ0n) is 13.6. The summed E-state index contributed by atoms with van der Waals surface area (Å²) in [4.78, 5) is 26.0. The van der Waals surface area contributed by atoms with Gasteiger partial charge in [-0.15, -0.1) is 0 Å². The van der Waals surface area contributed by atoms with E-state index in [9.17, 15) is 18.4 Å². The number of ketones is 1. The summed E-state index contributed by atoms with van der Waals surface area (Å²) >= 11 is 0. The summed E-state index contributed by atoms with van der Waals surface area (Å²) in [5, 5.41) is 0. The number of piperidine rings is 1. The van der Waals surface area contributed by atoms with Crippen LogP contribution in [0.3, 0.4) is 0 Å². The third-order valence-corrected chi connectivity index (χ3v) is 3.59. The Morgan fingerprint density at radius 2 is 1.78 bits per heavy atom. The fourth-order valence-electron chi connectivity index (χ4n) is 2.62. The average Bonchev–Trinajstić information content (AvgIpc) is 2.44. The van der Waals surface area contributed by atoms with Crippen LogP contribution in [0.1, 0.15) is 44.0 Å². The molecule has 1 aliphatic heterocycles. The summed E-state index contributed by atoms with van der Waals surface area (Å²) < 4.78 is 31.8. The molecule has 0 N–H and O–H groups in total. The second-order valence-electron chi connectivity index (χ2n) is 6.79. The number of ether oxygens (including phenoxy) is 1. The number of hydrogen-bond acceptors (Lipinski definition) is 3. The number of halogens is 2. The maximum Gasteiger partial charge on any atom is 0.410 e. The van der Waals surface area contributed by atoms with Crippen molar-refractivity contribution in [3.63, 3.8) is 0 Å². The van der Waals surface area contributed by atoms with E-state index in [2.05, 4.69) is 0 Å². The lowest BCUT2D eigenvalue weighted by Crippen LogP contribution is -2.44. The number of benzene rings is 1.